The largest absolute Gasteiger partial charge is 0.379 e. The van der Waals surface area contributed by atoms with Crippen LogP contribution >= 0.6 is 0 Å². The van der Waals surface area contributed by atoms with E-state index in [9.17, 15) is 4.79 Å². The molecule has 1 aromatic rings. The van der Waals surface area contributed by atoms with Crippen LogP contribution in [0, 0.1) is 11.3 Å². The maximum atomic E-state index is 11.9. The second-order valence-electron chi connectivity index (χ2n) is 5.31. The van der Waals surface area contributed by atoms with E-state index in [1.54, 1.807) is 12.1 Å². The van der Waals surface area contributed by atoms with Crippen LogP contribution in [0.5, 0.6) is 0 Å². The molecule has 1 aliphatic rings. The highest BCUT2D eigenvalue weighted by Gasteiger charge is 2.12. The van der Waals surface area contributed by atoms with Crippen molar-refractivity contribution in [2.24, 2.45) is 0 Å². The van der Waals surface area contributed by atoms with Crippen LogP contribution in [0.2, 0.25) is 0 Å². The number of rotatable bonds is 5. The average molecular weight is 302 g/mol. The number of hydrogen-bond acceptors (Lipinski definition) is 4. The summed E-state index contributed by atoms with van der Waals surface area (Å²) in [5.41, 5.74) is 1.59. The van der Waals surface area contributed by atoms with Crippen molar-refractivity contribution in [2.45, 2.75) is 13.0 Å². The molecule has 1 fully saturated rings. The quantitative estimate of drug-likeness (QED) is 0.858. The molecule has 0 radical (unpaired) electrons. The number of hydrogen-bond donors (Lipinski definition) is 2. The first-order valence-electron chi connectivity index (χ1n) is 7.53. The van der Waals surface area contributed by atoms with Crippen LogP contribution in [0.3, 0.4) is 0 Å². The molecule has 1 saturated heterocycles. The lowest BCUT2D eigenvalue weighted by atomic mass is 10.1. The summed E-state index contributed by atoms with van der Waals surface area (Å²) in [6, 6.07) is 9.03. The number of carbonyl (C=O) groups is 1. The summed E-state index contributed by atoms with van der Waals surface area (Å²) in [6.45, 7) is 6.75. The van der Waals surface area contributed by atoms with Crippen LogP contribution in [0.25, 0.3) is 0 Å². The molecule has 6 nitrogen and oxygen atoms in total. The number of benzene rings is 1. The molecule has 2 N–H and O–H groups in total. The van der Waals surface area contributed by atoms with Crippen molar-refractivity contribution in [1.29, 1.82) is 5.26 Å². The first-order chi connectivity index (χ1) is 10.7. The number of nitrogens with zero attached hydrogens (tertiary/aromatic N) is 2. The summed E-state index contributed by atoms with van der Waals surface area (Å²) in [6.07, 6.45) is 0. The third kappa shape index (κ3) is 5.02. The smallest absolute Gasteiger partial charge is 0.315 e. The Labute approximate surface area is 131 Å². The second-order valence-corrected chi connectivity index (χ2v) is 5.31. The highest BCUT2D eigenvalue weighted by Crippen LogP contribution is 2.12. The number of ether oxygens (including phenoxy) is 1. The minimum absolute atomic E-state index is 0.101. The highest BCUT2D eigenvalue weighted by atomic mass is 16.5. The van der Waals surface area contributed by atoms with Crippen molar-refractivity contribution in [3.8, 4) is 6.07 Å². The topological polar surface area (TPSA) is 77.4 Å². The van der Waals surface area contributed by atoms with E-state index in [0.717, 1.165) is 38.4 Å². The van der Waals surface area contributed by atoms with E-state index < -0.39 is 0 Å². The Kier molecular flexibility index (Phi) is 6.19. The number of amides is 2. The van der Waals surface area contributed by atoms with E-state index in [1.807, 2.05) is 19.1 Å². The normalized spacial score (nSPS) is 16.5. The van der Waals surface area contributed by atoms with Gasteiger partial charge in [0.1, 0.15) is 0 Å². The van der Waals surface area contributed by atoms with Gasteiger partial charge in [-0.2, -0.15) is 5.26 Å². The predicted molar refractivity (Wildman–Crippen MR) is 83.4 cm³/mol. The lowest BCUT2D eigenvalue weighted by Gasteiger charge is -2.26. The Morgan fingerprint density at radius 2 is 2.05 bits per heavy atom. The maximum absolute atomic E-state index is 11.9. The average Bonchev–Trinajstić information content (AvgIpc) is 2.56. The molecule has 1 heterocycles. The van der Waals surface area contributed by atoms with Gasteiger partial charge in [0.15, 0.2) is 0 Å². The van der Waals surface area contributed by atoms with Gasteiger partial charge < -0.3 is 15.4 Å². The monoisotopic (exact) mass is 302 g/mol. The first kappa shape index (κ1) is 16.3. The number of urea groups is 1. The van der Waals surface area contributed by atoms with Gasteiger partial charge in [0, 0.05) is 26.2 Å². The molecule has 0 spiro atoms. The van der Waals surface area contributed by atoms with Crippen LogP contribution in [-0.2, 0) is 4.74 Å². The molecule has 1 aromatic carbocycles. The summed E-state index contributed by atoms with van der Waals surface area (Å²) in [5.74, 6) is 0. The Balaban J connectivity index is 1.70. The molecule has 0 saturated carbocycles. The minimum atomic E-state index is -0.176. The standard InChI is InChI=1S/C16H22N4O2/c1-13(15-4-2-14(12-17)3-5-15)19-16(21)18-6-7-20-8-10-22-11-9-20/h2-5,13H,6-11H2,1H3,(H2,18,19,21)/t13-/m0/s1. The molecule has 0 aliphatic carbocycles. The van der Waals surface area contributed by atoms with E-state index in [2.05, 4.69) is 21.6 Å². The Hall–Kier alpha value is -2.10. The van der Waals surface area contributed by atoms with Gasteiger partial charge in [0.2, 0.25) is 0 Å². The predicted octanol–water partition coefficient (Wildman–Crippen LogP) is 1.25. The van der Waals surface area contributed by atoms with Gasteiger partial charge in [-0.15, -0.1) is 0 Å². The highest BCUT2D eigenvalue weighted by molar-refractivity contribution is 5.74. The zero-order chi connectivity index (χ0) is 15.8. The summed E-state index contributed by atoms with van der Waals surface area (Å²) >= 11 is 0. The molecule has 118 valence electrons. The number of morpholine rings is 1. The molecule has 2 rings (SSSR count). The van der Waals surface area contributed by atoms with Crippen molar-refractivity contribution in [1.82, 2.24) is 15.5 Å². The Bertz CT molecular complexity index is 518. The van der Waals surface area contributed by atoms with Gasteiger partial charge in [-0.3, -0.25) is 4.90 Å². The van der Waals surface area contributed by atoms with Crippen LogP contribution in [-0.4, -0.2) is 50.3 Å². The van der Waals surface area contributed by atoms with Gasteiger partial charge in [0.05, 0.1) is 30.9 Å². The van der Waals surface area contributed by atoms with E-state index in [4.69, 9.17) is 10.00 Å². The lowest BCUT2D eigenvalue weighted by molar-refractivity contribution is 0.0387. The summed E-state index contributed by atoms with van der Waals surface area (Å²) in [7, 11) is 0. The van der Waals surface area contributed by atoms with Crippen molar-refractivity contribution >= 4 is 6.03 Å². The van der Waals surface area contributed by atoms with Crippen molar-refractivity contribution in [3.63, 3.8) is 0 Å². The van der Waals surface area contributed by atoms with Crippen molar-refractivity contribution in [2.75, 3.05) is 39.4 Å². The van der Waals surface area contributed by atoms with Gasteiger partial charge in [-0.1, -0.05) is 12.1 Å². The van der Waals surface area contributed by atoms with E-state index in [-0.39, 0.29) is 12.1 Å². The van der Waals surface area contributed by atoms with E-state index >= 15 is 0 Å². The molecule has 22 heavy (non-hydrogen) atoms. The maximum Gasteiger partial charge on any atom is 0.315 e. The Morgan fingerprint density at radius 3 is 2.68 bits per heavy atom. The molecule has 0 unspecified atom stereocenters. The molecule has 2 amide bonds. The molecular formula is C16H22N4O2. The molecule has 0 aromatic heterocycles. The van der Waals surface area contributed by atoms with Crippen LogP contribution in [0.15, 0.2) is 24.3 Å². The van der Waals surface area contributed by atoms with Gasteiger partial charge in [-0.25, -0.2) is 4.79 Å². The first-order valence-corrected chi connectivity index (χ1v) is 7.53. The van der Waals surface area contributed by atoms with Gasteiger partial charge in [-0.05, 0) is 24.6 Å². The second kappa shape index (κ2) is 8.37. The molecule has 1 aliphatic heterocycles. The fraction of sp³-hybridized carbons (Fsp3) is 0.500. The third-order valence-corrected chi connectivity index (χ3v) is 3.70. The Morgan fingerprint density at radius 1 is 1.36 bits per heavy atom. The molecular weight excluding hydrogens is 280 g/mol. The zero-order valence-electron chi connectivity index (χ0n) is 12.8. The van der Waals surface area contributed by atoms with Gasteiger partial charge in [0.25, 0.3) is 0 Å². The molecule has 6 heteroatoms. The van der Waals surface area contributed by atoms with Crippen LogP contribution < -0.4 is 10.6 Å². The number of carbonyl (C=O) groups excluding carboxylic acids is 1. The van der Waals surface area contributed by atoms with Crippen LogP contribution in [0.1, 0.15) is 24.1 Å². The lowest BCUT2D eigenvalue weighted by Crippen LogP contribution is -2.44. The summed E-state index contributed by atoms with van der Waals surface area (Å²) in [5, 5.41) is 14.5. The third-order valence-electron chi connectivity index (χ3n) is 3.70. The van der Waals surface area contributed by atoms with E-state index in [1.165, 1.54) is 0 Å². The minimum Gasteiger partial charge on any atom is -0.379 e. The SMILES string of the molecule is C[C@H](NC(=O)NCCN1CCOCC1)c1ccc(C#N)cc1. The number of nitrogens with one attached hydrogen (secondary N) is 2. The van der Waals surface area contributed by atoms with Crippen LogP contribution in [0.4, 0.5) is 4.79 Å². The zero-order valence-corrected chi connectivity index (χ0v) is 12.8. The molecule has 1 atom stereocenters. The molecule has 0 bridgehead atoms. The summed E-state index contributed by atoms with van der Waals surface area (Å²) in [4.78, 5) is 14.1. The van der Waals surface area contributed by atoms with Gasteiger partial charge >= 0.3 is 6.03 Å². The van der Waals surface area contributed by atoms with E-state index in [0.29, 0.717) is 12.1 Å². The fourth-order valence-electron chi connectivity index (χ4n) is 2.33. The van der Waals surface area contributed by atoms with Crippen molar-refractivity contribution in [3.05, 3.63) is 35.4 Å². The fourth-order valence-corrected chi connectivity index (χ4v) is 2.33. The van der Waals surface area contributed by atoms with Crippen molar-refractivity contribution < 1.29 is 9.53 Å². The number of nitriles is 1. The summed E-state index contributed by atoms with van der Waals surface area (Å²) < 4.78 is 5.28.